The first-order valence-corrected chi connectivity index (χ1v) is 8.10. The van der Waals surface area contributed by atoms with E-state index in [2.05, 4.69) is 32.2 Å². The van der Waals surface area contributed by atoms with Crippen LogP contribution in [0.3, 0.4) is 0 Å². The number of nitrogens with zero attached hydrogens (tertiary/aromatic N) is 3. The van der Waals surface area contributed by atoms with Crippen molar-refractivity contribution >= 4 is 11.3 Å². The van der Waals surface area contributed by atoms with E-state index in [1.165, 1.54) is 6.07 Å². The molecule has 0 saturated carbocycles. The van der Waals surface area contributed by atoms with Gasteiger partial charge in [-0.2, -0.15) is 0 Å². The monoisotopic (exact) mass is 304 g/mol. The first kappa shape index (κ1) is 14.4. The number of rotatable bonds is 3. The quantitative estimate of drug-likeness (QED) is 0.945. The normalized spacial score (nSPS) is 22.8. The number of nitrogens with one attached hydrogen (secondary N) is 1. The van der Waals surface area contributed by atoms with Crippen molar-refractivity contribution in [2.24, 2.45) is 0 Å². The van der Waals surface area contributed by atoms with Crippen LogP contribution in [0, 0.1) is 13.8 Å². The summed E-state index contributed by atoms with van der Waals surface area (Å²) >= 11 is 1.68. The largest absolute Gasteiger partial charge is 0.309 e. The van der Waals surface area contributed by atoms with Crippen molar-refractivity contribution in [2.45, 2.75) is 45.7 Å². The Balaban J connectivity index is 1.92. The minimum absolute atomic E-state index is 0.0740. The highest BCUT2D eigenvalue weighted by molar-refractivity contribution is 7.09. The van der Waals surface area contributed by atoms with Crippen molar-refractivity contribution in [2.75, 3.05) is 6.54 Å². The molecule has 6 heteroatoms. The summed E-state index contributed by atoms with van der Waals surface area (Å²) in [5, 5.41) is 3.20. The highest BCUT2D eigenvalue weighted by Crippen LogP contribution is 2.37. The van der Waals surface area contributed by atoms with E-state index in [4.69, 9.17) is 0 Å². The van der Waals surface area contributed by atoms with Crippen LogP contribution in [0.5, 0.6) is 0 Å². The van der Waals surface area contributed by atoms with E-state index < -0.39 is 0 Å². The predicted octanol–water partition coefficient (Wildman–Crippen LogP) is 2.35. The minimum atomic E-state index is -0.220. The van der Waals surface area contributed by atoms with E-state index in [1.807, 2.05) is 13.8 Å². The Morgan fingerprint density at radius 1 is 1.43 bits per heavy atom. The zero-order valence-corrected chi connectivity index (χ0v) is 13.5. The Labute approximate surface area is 128 Å². The second kappa shape index (κ2) is 5.35. The third-order valence-electron chi connectivity index (χ3n) is 4.19. The average Bonchev–Trinajstić information content (AvgIpc) is 2.97. The Morgan fingerprint density at radius 3 is 2.90 bits per heavy atom. The van der Waals surface area contributed by atoms with Gasteiger partial charge in [-0.3, -0.25) is 9.69 Å². The van der Waals surface area contributed by atoms with Gasteiger partial charge in [-0.15, -0.1) is 11.3 Å². The summed E-state index contributed by atoms with van der Waals surface area (Å²) in [6, 6.07) is 1.54. The van der Waals surface area contributed by atoms with Gasteiger partial charge in [-0.25, -0.2) is 9.97 Å². The van der Waals surface area contributed by atoms with Crippen LogP contribution >= 0.6 is 11.3 Å². The number of H-pyrrole nitrogens is 1. The number of aryl methyl sites for hydroxylation is 2. The van der Waals surface area contributed by atoms with Gasteiger partial charge in [-0.1, -0.05) is 0 Å². The van der Waals surface area contributed by atoms with Crippen LogP contribution in [-0.4, -0.2) is 26.4 Å². The molecule has 0 amide bonds. The smallest absolute Gasteiger partial charge is 0.251 e. The van der Waals surface area contributed by atoms with Gasteiger partial charge in [0, 0.05) is 23.7 Å². The molecule has 0 spiro atoms. The maximum atomic E-state index is 11.8. The molecule has 1 fully saturated rings. The Hall–Kier alpha value is -1.53. The van der Waals surface area contributed by atoms with Gasteiger partial charge in [0.2, 0.25) is 0 Å². The number of aromatic amines is 1. The summed E-state index contributed by atoms with van der Waals surface area (Å²) in [6.45, 7) is 7.86. The van der Waals surface area contributed by atoms with E-state index >= 15 is 0 Å². The predicted molar refractivity (Wildman–Crippen MR) is 83.4 cm³/mol. The van der Waals surface area contributed by atoms with E-state index in [-0.39, 0.29) is 11.1 Å². The molecular formula is C15H20N4OS. The van der Waals surface area contributed by atoms with Gasteiger partial charge in [0.15, 0.2) is 0 Å². The van der Waals surface area contributed by atoms with Crippen molar-refractivity contribution in [3.05, 3.63) is 44.0 Å². The molecule has 2 aromatic rings. The summed E-state index contributed by atoms with van der Waals surface area (Å²) in [6.07, 6.45) is 2.11. The van der Waals surface area contributed by atoms with Crippen LogP contribution in [-0.2, 0) is 12.1 Å². The number of hydrogen-bond donors (Lipinski definition) is 1. The Bertz CT molecular complexity index is 708. The van der Waals surface area contributed by atoms with Crippen molar-refractivity contribution < 1.29 is 0 Å². The lowest BCUT2D eigenvalue weighted by molar-refractivity contribution is 0.135. The van der Waals surface area contributed by atoms with Gasteiger partial charge in [0.25, 0.3) is 5.56 Å². The summed E-state index contributed by atoms with van der Waals surface area (Å²) in [4.78, 5) is 26.2. The Morgan fingerprint density at radius 2 is 2.24 bits per heavy atom. The molecule has 1 aliphatic heterocycles. The molecule has 1 atom stereocenters. The maximum Gasteiger partial charge on any atom is 0.251 e. The third kappa shape index (κ3) is 2.78. The molecule has 5 nitrogen and oxygen atoms in total. The lowest BCUT2D eigenvalue weighted by Gasteiger charge is -2.33. The minimum Gasteiger partial charge on any atom is -0.309 e. The van der Waals surface area contributed by atoms with Crippen molar-refractivity contribution in [1.82, 2.24) is 19.9 Å². The Kier molecular flexibility index (Phi) is 3.67. The second-order valence-corrected chi connectivity index (χ2v) is 6.95. The van der Waals surface area contributed by atoms with Crippen LogP contribution in [0.2, 0.25) is 0 Å². The van der Waals surface area contributed by atoms with E-state index in [0.717, 1.165) is 48.2 Å². The zero-order valence-electron chi connectivity index (χ0n) is 12.6. The van der Waals surface area contributed by atoms with Crippen molar-refractivity contribution in [1.29, 1.82) is 0 Å². The fraction of sp³-hybridized carbons (Fsp3) is 0.533. The molecule has 1 aliphatic rings. The first-order valence-electron chi connectivity index (χ1n) is 7.22. The summed E-state index contributed by atoms with van der Waals surface area (Å²) in [5.41, 5.74) is 1.57. The molecule has 0 bridgehead atoms. The van der Waals surface area contributed by atoms with Crippen LogP contribution < -0.4 is 5.56 Å². The molecule has 21 heavy (non-hydrogen) atoms. The highest BCUT2D eigenvalue weighted by Gasteiger charge is 2.40. The van der Waals surface area contributed by atoms with Gasteiger partial charge in [0.1, 0.15) is 5.82 Å². The van der Waals surface area contributed by atoms with Crippen LogP contribution in [0.4, 0.5) is 0 Å². The molecule has 1 unspecified atom stereocenters. The summed E-state index contributed by atoms with van der Waals surface area (Å²) in [7, 11) is 0. The number of hydrogen-bond acceptors (Lipinski definition) is 5. The van der Waals surface area contributed by atoms with Crippen LogP contribution in [0.1, 0.15) is 42.0 Å². The van der Waals surface area contributed by atoms with E-state index in [0.29, 0.717) is 0 Å². The van der Waals surface area contributed by atoms with Crippen LogP contribution in [0.25, 0.3) is 0 Å². The lowest BCUT2D eigenvalue weighted by atomic mass is 9.97. The fourth-order valence-corrected chi connectivity index (χ4v) is 3.66. The third-order valence-corrected chi connectivity index (χ3v) is 5.01. The standard InChI is InChI=1S/C15H20N4OS/c1-10-7-13(20)18-14(16-10)15(3)5-4-6-19(15)8-12-9-21-11(2)17-12/h7,9H,4-6,8H2,1-3H3,(H,16,18,20). The van der Waals surface area contributed by atoms with E-state index in [1.54, 1.807) is 11.3 Å². The first-order chi connectivity index (χ1) is 9.97. The number of thiazole rings is 1. The van der Waals surface area contributed by atoms with Crippen LogP contribution in [0.15, 0.2) is 16.2 Å². The average molecular weight is 304 g/mol. The fourth-order valence-electron chi connectivity index (χ4n) is 3.05. The van der Waals surface area contributed by atoms with Crippen molar-refractivity contribution in [3.63, 3.8) is 0 Å². The molecule has 0 aliphatic carbocycles. The molecule has 1 saturated heterocycles. The SMILES string of the molecule is Cc1cc(=O)[nH]c(C2(C)CCCN2Cc2csc(C)n2)n1. The number of likely N-dealkylation sites (tertiary alicyclic amines) is 1. The summed E-state index contributed by atoms with van der Waals surface area (Å²) in [5.74, 6) is 0.775. The molecule has 3 rings (SSSR count). The molecule has 1 N–H and O–H groups in total. The molecule has 0 radical (unpaired) electrons. The zero-order chi connectivity index (χ0) is 15.0. The summed E-state index contributed by atoms with van der Waals surface area (Å²) < 4.78 is 0. The van der Waals surface area contributed by atoms with E-state index in [9.17, 15) is 4.79 Å². The molecule has 3 heterocycles. The molecule has 112 valence electrons. The van der Waals surface area contributed by atoms with Gasteiger partial charge < -0.3 is 4.98 Å². The molecule has 0 aromatic carbocycles. The number of aromatic nitrogens is 3. The lowest BCUT2D eigenvalue weighted by Crippen LogP contribution is -2.40. The van der Waals surface area contributed by atoms with Gasteiger partial charge in [0.05, 0.1) is 16.2 Å². The van der Waals surface area contributed by atoms with Gasteiger partial charge >= 0.3 is 0 Å². The second-order valence-electron chi connectivity index (χ2n) is 5.89. The molecular weight excluding hydrogens is 284 g/mol. The van der Waals surface area contributed by atoms with Crippen molar-refractivity contribution in [3.8, 4) is 0 Å². The topological polar surface area (TPSA) is 61.9 Å². The maximum absolute atomic E-state index is 11.8. The highest BCUT2D eigenvalue weighted by atomic mass is 32.1. The molecule has 2 aromatic heterocycles. The van der Waals surface area contributed by atoms with Gasteiger partial charge in [-0.05, 0) is 40.2 Å².